The number of carboxylic acids is 1. The number of guanidine groups is 1. The van der Waals surface area contributed by atoms with E-state index in [0.29, 0.717) is 18.4 Å². The molecule has 4 atom stereocenters. The highest BCUT2D eigenvalue weighted by atomic mass is 16.4. The lowest BCUT2D eigenvalue weighted by Gasteiger charge is -2.26. The summed E-state index contributed by atoms with van der Waals surface area (Å²) in [5.41, 5.74) is 16.8. The van der Waals surface area contributed by atoms with Crippen LogP contribution in [0.3, 0.4) is 0 Å². The van der Waals surface area contributed by atoms with Gasteiger partial charge in [0, 0.05) is 13.0 Å². The fraction of sp³-hybridized carbons (Fsp3) is 0.542. The summed E-state index contributed by atoms with van der Waals surface area (Å²) in [7, 11) is 0. The number of hydrogen-bond donors (Lipinski definition) is 8. The van der Waals surface area contributed by atoms with Gasteiger partial charge >= 0.3 is 5.97 Å². The maximum Gasteiger partial charge on any atom is 0.326 e. The topological polar surface area (TPSA) is 235 Å². The number of carboxylic acid groups (broad SMARTS) is 1. The number of nitrogens with two attached hydrogens (primary N) is 3. The summed E-state index contributed by atoms with van der Waals surface area (Å²) >= 11 is 0. The Kier molecular flexibility index (Phi) is 12.9. The molecular formula is C24H39N7O6. The van der Waals surface area contributed by atoms with E-state index in [0.717, 1.165) is 0 Å². The summed E-state index contributed by atoms with van der Waals surface area (Å²) in [5, 5.41) is 26.8. The van der Waals surface area contributed by atoms with E-state index in [-0.39, 0.29) is 37.0 Å². The quantitative estimate of drug-likeness (QED) is 0.0794. The van der Waals surface area contributed by atoms with Gasteiger partial charge in [0.2, 0.25) is 17.7 Å². The van der Waals surface area contributed by atoms with E-state index >= 15 is 0 Å². The molecule has 0 aliphatic carbocycles. The number of phenols is 1. The third kappa shape index (κ3) is 12.1. The summed E-state index contributed by atoms with van der Waals surface area (Å²) in [6.07, 6.45) is 0.649. The molecule has 1 aromatic rings. The van der Waals surface area contributed by atoms with Gasteiger partial charge in [0.15, 0.2) is 5.96 Å². The summed E-state index contributed by atoms with van der Waals surface area (Å²) in [6, 6.07) is 1.81. The zero-order chi connectivity index (χ0) is 28.1. The second-order valence-corrected chi connectivity index (χ2v) is 9.26. The number of benzene rings is 1. The van der Waals surface area contributed by atoms with Crippen LogP contribution in [0.25, 0.3) is 0 Å². The summed E-state index contributed by atoms with van der Waals surface area (Å²) < 4.78 is 0. The van der Waals surface area contributed by atoms with Crippen molar-refractivity contribution in [2.45, 2.75) is 70.6 Å². The monoisotopic (exact) mass is 521 g/mol. The Morgan fingerprint density at radius 2 is 1.43 bits per heavy atom. The van der Waals surface area contributed by atoms with Crippen molar-refractivity contribution in [1.82, 2.24) is 16.0 Å². The number of amides is 3. The summed E-state index contributed by atoms with van der Waals surface area (Å²) in [6.45, 7) is 5.42. The first-order valence-electron chi connectivity index (χ1n) is 12.0. The molecule has 11 N–H and O–H groups in total. The highest BCUT2D eigenvalue weighted by Crippen LogP contribution is 2.13. The van der Waals surface area contributed by atoms with Gasteiger partial charge in [0.05, 0.1) is 6.04 Å². The van der Waals surface area contributed by atoms with Crippen LogP contribution in [0.5, 0.6) is 5.75 Å². The summed E-state index contributed by atoms with van der Waals surface area (Å²) in [4.78, 5) is 54.0. The largest absolute Gasteiger partial charge is 0.508 e. The Labute approximate surface area is 216 Å². The van der Waals surface area contributed by atoms with E-state index in [1.54, 1.807) is 12.1 Å². The molecule has 1 rings (SSSR count). The molecule has 0 saturated carbocycles. The second-order valence-electron chi connectivity index (χ2n) is 9.26. The average Bonchev–Trinajstić information content (AvgIpc) is 2.80. The molecule has 4 unspecified atom stereocenters. The van der Waals surface area contributed by atoms with E-state index in [9.17, 15) is 29.4 Å². The predicted molar refractivity (Wildman–Crippen MR) is 138 cm³/mol. The number of aliphatic imine (C=N–C) groups is 1. The van der Waals surface area contributed by atoms with Crippen molar-refractivity contribution in [3.05, 3.63) is 29.8 Å². The molecule has 37 heavy (non-hydrogen) atoms. The Bertz CT molecular complexity index is 945. The number of aromatic hydroxyl groups is 1. The van der Waals surface area contributed by atoms with Crippen molar-refractivity contribution in [3.8, 4) is 5.75 Å². The van der Waals surface area contributed by atoms with Gasteiger partial charge in [-0.1, -0.05) is 26.0 Å². The molecule has 0 heterocycles. The smallest absolute Gasteiger partial charge is 0.326 e. The first-order valence-corrected chi connectivity index (χ1v) is 12.0. The van der Waals surface area contributed by atoms with Crippen molar-refractivity contribution in [1.29, 1.82) is 0 Å². The first-order chi connectivity index (χ1) is 17.3. The van der Waals surface area contributed by atoms with Gasteiger partial charge in [-0.15, -0.1) is 0 Å². The van der Waals surface area contributed by atoms with Crippen molar-refractivity contribution in [3.63, 3.8) is 0 Å². The van der Waals surface area contributed by atoms with Gasteiger partial charge in [-0.2, -0.15) is 0 Å². The molecule has 0 bridgehead atoms. The first kappa shape index (κ1) is 31.2. The Morgan fingerprint density at radius 1 is 0.892 bits per heavy atom. The Hall–Kier alpha value is -3.87. The predicted octanol–water partition coefficient (Wildman–Crippen LogP) is -1.08. The van der Waals surface area contributed by atoms with Crippen LogP contribution >= 0.6 is 0 Å². The number of aliphatic carboxylic acids is 1. The van der Waals surface area contributed by atoms with E-state index < -0.39 is 47.9 Å². The van der Waals surface area contributed by atoms with Crippen LogP contribution in [-0.4, -0.2) is 70.6 Å². The minimum atomic E-state index is -1.25. The third-order valence-electron chi connectivity index (χ3n) is 5.32. The zero-order valence-corrected chi connectivity index (χ0v) is 21.4. The SMILES string of the molecule is CC(C)CC(NC(=O)C(C)N)C(=O)NC(Cc1ccc(O)cc1)C(=O)NC(CCCN=C(N)N)C(=O)O. The zero-order valence-electron chi connectivity index (χ0n) is 21.4. The Morgan fingerprint density at radius 3 is 1.95 bits per heavy atom. The molecule has 1 aromatic carbocycles. The van der Waals surface area contributed by atoms with Gasteiger partial charge in [-0.05, 0) is 49.8 Å². The number of rotatable bonds is 15. The number of carbonyl (C=O) groups excluding carboxylic acids is 3. The molecule has 0 radical (unpaired) electrons. The molecule has 0 aliphatic heterocycles. The molecule has 13 nitrogen and oxygen atoms in total. The number of hydrogen-bond acceptors (Lipinski definition) is 7. The van der Waals surface area contributed by atoms with Crippen molar-refractivity contribution < 1.29 is 29.4 Å². The maximum atomic E-state index is 13.2. The van der Waals surface area contributed by atoms with E-state index in [4.69, 9.17) is 17.2 Å². The van der Waals surface area contributed by atoms with Crippen LogP contribution in [0.4, 0.5) is 0 Å². The highest BCUT2D eigenvalue weighted by molar-refractivity contribution is 5.94. The van der Waals surface area contributed by atoms with E-state index in [1.165, 1.54) is 19.1 Å². The normalized spacial score (nSPS) is 14.1. The third-order valence-corrected chi connectivity index (χ3v) is 5.32. The standard InChI is InChI=1S/C24H39N7O6/c1-13(2)11-18(30-20(33)14(3)25)21(34)31-19(12-15-6-8-16(32)9-7-15)22(35)29-17(23(36)37)5-4-10-28-24(26)27/h6-9,13-14,17-19,32H,4-5,10-12,25H2,1-3H3,(H,29,35)(H,30,33)(H,31,34)(H,36,37)(H4,26,27,28). The fourth-order valence-corrected chi connectivity index (χ4v) is 3.39. The number of nitrogens with one attached hydrogen (secondary N) is 3. The lowest BCUT2D eigenvalue weighted by molar-refractivity contribution is -0.142. The van der Waals surface area contributed by atoms with Gasteiger partial charge < -0.3 is 43.4 Å². The van der Waals surface area contributed by atoms with Crippen molar-refractivity contribution >= 4 is 29.7 Å². The maximum absolute atomic E-state index is 13.2. The highest BCUT2D eigenvalue weighted by Gasteiger charge is 2.30. The van der Waals surface area contributed by atoms with Gasteiger partial charge in [0.1, 0.15) is 23.9 Å². The number of carbonyl (C=O) groups is 4. The van der Waals surface area contributed by atoms with E-state index in [1.807, 2.05) is 13.8 Å². The minimum Gasteiger partial charge on any atom is -0.508 e. The summed E-state index contributed by atoms with van der Waals surface area (Å²) in [5.74, 6) is -3.17. The van der Waals surface area contributed by atoms with E-state index in [2.05, 4.69) is 20.9 Å². The molecule has 206 valence electrons. The van der Waals surface area contributed by atoms with Crippen molar-refractivity contribution in [2.24, 2.45) is 28.1 Å². The van der Waals surface area contributed by atoms with Crippen molar-refractivity contribution in [2.75, 3.05) is 6.54 Å². The minimum absolute atomic E-state index is 0.00777. The van der Waals surface area contributed by atoms with Crippen LogP contribution < -0.4 is 33.2 Å². The molecule has 0 spiro atoms. The van der Waals surface area contributed by atoms with Gasteiger partial charge in [-0.3, -0.25) is 19.4 Å². The fourth-order valence-electron chi connectivity index (χ4n) is 3.39. The lowest BCUT2D eigenvalue weighted by Crippen LogP contribution is -2.57. The second kappa shape index (κ2) is 15.3. The lowest BCUT2D eigenvalue weighted by atomic mass is 10.0. The molecule has 0 aromatic heterocycles. The molecular weight excluding hydrogens is 482 g/mol. The number of nitrogens with zero attached hydrogens (tertiary/aromatic N) is 1. The van der Waals surface area contributed by atoms with Gasteiger partial charge in [0.25, 0.3) is 0 Å². The van der Waals surface area contributed by atoms with Crippen LogP contribution in [0.15, 0.2) is 29.3 Å². The van der Waals surface area contributed by atoms with Crippen LogP contribution in [0.1, 0.15) is 45.6 Å². The molecule has 0 fully saturated rings. The van der Waals surface area contributed by atoms with Crippen LogP contribution in [0, 0.1) is 5.92 Å². The number of phenolic OH excluding ortho intramolecular Hbond substituents is 1. The molecule has 0 saturated heterocycles. The van der Waals surface area contributed by atoms with Crippen LogP contribution in [-0.2, 0) is 25.6 Å². The van der Waals surface area contributed by atoms with Gasteiger partial charge in [-0.25, -0.2) is 4.79 Å². The Balaban J connectivity index is 3.11. The molecule has 13 heteroatoms. The molecule has 0 aliphatic rings. The van der Waals surface area contributed by atoms with Crippen LogP contribution in [0.2, 0.25) is 0 Å². The molecule has 3 amide bonds. The average molecular weight is 522 g/mol.